The van der Waals surface area contributed by atoms with Gasteiger partial charge in [0, 0.05) is 17.7 Å². The van der Waals surface area contributed by atoms with Crippen molar-refractivity contribution in [1.29, 1.82) is 0 Å². The standard InChI is InChI=1S/C35H34F6N2O5/c1-18-10-20(31(44)45)6-7-25(18)28-14-27(29(47-5)16-42-28)26-8-9-33(3,4)15-22(26)17-43-19(2)30(48-32(43)46)21-11-23(34(36,37)38)13-24(12-21)35(39,40)41/h6-7,10-14,16,19,30H,8-9,15,17H2,1-5H3,(H,44,45). The quantitative estimate of drug-likeness (QED) is 0.251. The van der Waals surface area contributed by atoms with Crippen LogP contribution in [0, 0.1) is 12.3 Å². The highest BCUT2D eigenvalue weighted by atomic mass is 19.4. The Bertz CT molecular complexity index is 1760. The molecule has 0 spiro atoms. The van der Waals surface area contributed by atoms with Gasteiger partial charge in [-0.3, -0.25) is 9.88 Å². The van der Waals surface area contributed by atoms with Crippen LogP contribution in [0.3, 0.4) is 0 Å². The number of pyridine rings is 1. The predicted octanol–water partition coefficient (Wildman–Crippen LogP) is 9.35. The number of allylic oxidation sites excluding steroid dienone is 1. The highest BCUT2D eigenvalue weighted by Gasteiger charge is 2.44. The first kappa shape index (κ1) is 34.8. The molecule has 2 aromatic carbocycles. The van der Waals surface area contributed by atoms with E-state index in [0.29, 0.717) is 53.1 Å². The van der Waals surface area contributed by atoms with Crippen molar-refractivity contribution in [3.8, 4) is 17.0 Å². The number of halogens is 6. The van der Waals surface area contributed by atoms with Gasteiger partial charge in [-0.25, -0.2) is 9.59 Å². The summed E-state index contributed by atoms with van der Waals surface area (Å²) < 4.78 is 92.7. The van der Waals surface area contributed by atoms with E-state index < -0.39 is 53.3 Å². The van der Waals surface area contributed by atoms with Gasteiger partial charge in [0.15, 0.2) is 0 Å². The molecular formula is C35H34F6N2O5. The molecule has 0 bridgehead atoms. The minimum Gasteiger partial charge on any atom is -0.495 e. The number of carboxylic acid groups (broad SMARTS) is 1. The number of aromatic carboxylic acids is 1. The lowest BCUT2D eigenvalue weighted by Crippen LogP contribution is -2.35. The van der Waals surface area contributed by atoms with Crippen molar-refractivity contribution in [2.75, 3.05) is 13.7 Å². The molecule has 1 N–H and O–H groups in total. The largest absolute Gasteiger partial charge is 0.495 e. The molecular weight excluding hydrogens is 642 g/mol. The van der Waals surface area contributed by atoms with Gasteiger partial charge in [-0.05, 0) is 97.2 Å². The van der Waals surface area contributed by atoms with Crippen LogP contribution in [0.5, 0.6) is 5.75 Å². The predicted molar refractivity (Wildman–Crippen MR) is 164 cm³/mol. The topological polar surface area (TPSA) is 89.0 Å². The summed E-state index contributed by atoms with van der Waals surface area (Å²) >= 11 is 0. The lowest BCUT2D eigenvalue weighted by molar-refractivity contribution is -0.143. The molecule has 1 aliphatic carbocycles. The second-order valence-electron chi connectivity index (χ2n) is 13.0. The highest BCUT2D eigenvalue weighted by Crippen LogP contribution is 2.47. The van der Waals surface area contributed by atoms with Gasteiger partial charge in [0.25, 0.3) is 0 Å². The summed E-state index contributed by atoms with van der Waals surface area (Å²) in [7, 11) is 1.49. The number of hydrogen-bond acceptors (Lipinski definition) is 5. The van der Waals surface area contributed by atoms with Gasteiger partial charge in [-0.15, -0.1) is 0 Å². The Morgan fingerprint density at radius 3 is 2.25 bits per heavy atom. The number of nitrogens with zero attached hydrogens (tertiary/aromatic N) is 2. The Morgan fingerprint density at radius 1 is 1.04 bits per heavy atom. The fourth-order valence-corrected chi connectivity index (χ4v) is 6.47. The monoisotopic (exact) mass is 676 g/mol. The van der Waals surface area contributed by atoms with Gasteiger partial charge in [0.05, 0.1) is 41.7 Å². The Kier molecular flexibility index (Phi) is 9.04. The van der Waals surface area contributed by atoms with E-state index in [1.54, 1.807) is 25.3 Å². The van der Waals surface area contributed by atoms with Gasteiger partial charge >= 0.3 is 24.4 Å². The number of ether oxygens (including phenoxy) is 2. The van der Waals surface area contributed by atoms with Crippen LogP contribution >= 0.6 is 0 Å². The first-order chi connectivity index (χ1) is 22.3. The molecule has 7 nitrogen and oxygen atoms in total. The Morgan fingerprint density at radius 2 is 1.69 bits per heavy atom. The van der Waals surface area contributed by atoms with Crippen LogP contribution in [-0.2, 0) is 17.1 Å². The first-order valence-electron chi connectivity index (χ1n) is 15.2. The molecule has 1 aromatic heterocycles. The van der Waals surface area contributed by atoms with E-state index in [0.717, 1.165) is 17.6 Å². The van der Waals surface area contributed by atoms with Crippen LogP contribution in [0.2, 0.25) is 0 Å². The molecule has 1 amide bonds. The molecule has 1 fully saturated rings. The molecule has 48 heavy (non-hydrogen) atoms. The number of carboxylic acids is 1. The molecule has 13 heteroatoms. The summed E-state index contributed by atoms with van der Waals surface area (Å²) in [6.45, 7) is 7.48. The molecule has 1 aliphatic heterocycles. The normalized spacial score (nSPS) is 19.8. The molecule has 3 aromatic rings. The number of hydrogen-bond donors (Lipinski definition) is 1. The van der Waals surface area contributed by atoms with Crippen molar-refractivity contribution in [3.63, 3.8) is 0 Å². The number of cyclic esters (lactones) is 1. The molecule has 256 valence electrons. The summed E-state index contributed by atoms with van der Waals surface area (Å²) in [6, 6.07) is 6.89. The van der Waals surface area contributed by atoms with Crippen LogP contribution in [-0.4, -0.2) is 46.7 Å². The molecule has 0 saturated carbocycles. The third kappa shape index (κ3) is 7.00. The van der Waals surface area contributed by atoms with Crippen LogP contribution < -0.4 is 4.74 Å². The van der Waals surface area contributed by atoms with Crippen molar-refractivity contribution in [2.45, 2.75) is 71.5 Å². The lowest BCUT2D eigenvalue weighted by Gasteiger charge is -2.36. The van der Waals surface area contributed by atoms with E-state index in [1.165, 1.54) is 25.0 Å². The minimum atomic E-state index is -5.05. The average molecular weight is 677 g/mol. The van der Waals surface area contributed by atoms with E-state index in [4.69, 9.17) is 9.47 Å². The summed E-state index contributed by atoms with van der Waals surface area (Å²) in [4.78, 5) is 30.6. The zero-order valence-electron chi connectivity index (χ0n) is 26.8. The zero-order chi connectivity index (χ0) is 35.3. The van der Waals surface area contributed by atoms with Gasteiger partial charge in [0.2, 0.25) is 0 Å². The molecule has 0 radical (unpaired) electrons. The minimum absolute atomic E-state index is 0.0213. The second-order valence-corrected chi connectivity index (χ2v) is 13.0. The van der Waals surface area contributed by atoms with E-state index in [1.807, 2.05) is 6.07 Å². The van der Waals surface area contributed by atoms with Gasteiger partial charge < -0.3 is 14.6 Å². The number of amides is 1. The van der Waals surface area contributed by atoms with Gasteiger partial charge in [-0.1, -0.05) is 19.9 Å². The number of aryl methyl sites for hydroxylation is 1. The van der Waals surface area contributed by atoms with Gasteiger partial charge in [-0.2, -0.15) is 26.3 Å². The SMILES string of the molecule is COc1cnc(-c2ccc(C(=O)O)cc2C)cc1C1=C(CN2C(=O)OC(c3cc(C(F)(F)F)cc(C(F)(F)F)c3)C2C)CC(C)(C)CC1. The maximum Gasteiger partial charge on any atom is 0.416 e. The van der Waals surface area contributed by atoms with E-state index in [9.17, 15) is 41.0 Å². The van der Waals surface area contributed by atoms with Gasteiger partial charge in [0.1, 0.15) is 11.9 Å². The molecule has 2 heterocycles. The van der Waals surface area contributed by atoms with Crippen LogP contribution in [0.1, 0.15) is 84.3 Å². The number of alkyl halides is 6. The molecule has 2 atom stereocenters. The third-order valence-corrected chi connectivity index (χ3v) is 9.02. The maximum absolute atomic E-state index is 13.6. The molecule has 5 rings (SSSR count). The number of carbonyl (C=O) groups is 2. The average Bonchev–Trinajstić information content (AvgIpc) is 3.27. The van der Waals surface area contributed by atoms with Crippen LogP contribution in [0.25, 0.3) is 16.8 Å². The number of benzene rings is 2. The Hall–Kier alpha value is -4.55. The third-order valence-electron chi connectivity index (χ3n) is 9.02. The second kappa shape index (κ2) is 12.5. The lowest BCUT2D eigenvalue weighted by atomic mass is 9.72. The van der Waals surface area contributed by atoms with Crippen molar-refractivity contribution < 1.29 is 50.5 Å². The van der Waals surface area contributed by atoms with E-state index in [2.05, 4.69) is 18.8 Å². The van der Waals surface area contributed by atoms with E-state index in [-0.39, 0.29) is 23.6 Å². The first-order valence-corrected chi connectivity index (χ1v) is 15.2. The number of methoxy groups -OCH3 is 1. The van der Waals surface area contributed by atoms with Crippen molar-refractivity contribution in [2.24, 2.45) is 5.41 Å². The molecule has 2 unspecified atom stereocenters. The molecule has 1 saturated heterocycles. The number of aromatic nitrogens is 1. The molecule has 2 aliphatic rings. The van der Waals surface area contributed by atoms with Crippen molar-refractivity contribution >= 4 is 17.6 Å². The van der Waals surface area contributed by atoms with Crippen molar-refractivity contribution in [1.82, 2.24) is 9.88 Å². The summed E-state index contributed by atoms with van der Waals surface area (Å²) in [5.41, 5.74) is 0.970. The fraction of sp³-hybridized carbons (Fsp3) is 0.400. The maximum atomic E-state index is 13.6. The Balaban J connectivity index is 1.55. The van der Waals surface area contributed by atoms with E-state index >= 15 is 0 Å². The highest BCUT2D eigenvalue weighted by molar-refractivity contribution is 5.89. The van der Waals surface area contributed by atoms with Crippen molar-refractivity contribution in [3.05, 3.63) is 87.6 Å². The van der Waals surface area contributed by atoms with Crippen LogP contribution in [0.15, 0.2) is 54.2 Å². The Labute approximate surface area is 273 Å². The summed E-state index contributed by atoms with van der Waals surface area (Å²) in [6.07, 6.45) is -8.85. The number of rotatable bonds is 7. The number of carbonyl (C=O) groups excluding carboxylic acids is 1. The zero-order valence-corrected chi connectivity index (χ0v) is 26.8. The summed E-state index contributed by atoms with van der Waals surface area (Å²) in [5, 5.41) is 9.38. The summed E-state index contributed by atoms with van der Waals surface area (Å²) in [5.74, 6) is -0.595. The van der Waals surface area contributed by atoms with Crippen LogP contribution in [0.4, 0.5) is 31.1 Å². The smallest absolute Gasteiger partial charge is 0.416 e. The fourth-order valence-electron chi connectivity index (χ4n) is 6.47.